The van der Waals surface area contributed by atoms with Crippen LogP contribution in [0.25, 0.3) is 6.08 Å². The van der Waals surface area contributed by atoms with Crippen molar-refractivity contribution in [2.45, 2.75) is 6.04 Å². The molecular formula is C13H16N2O2S2. The number of carboxylic acid groups (broad SMARTS) is 1. The molecule has 0 aliphatic rings. The van der Waals surface area contributed by atoms with Crippen LogP contribution < -0.4 is 5.73 Å². The predicted molar refractivity (Wildman–Crippen MR) is 84.8 cm³/mol. The number of benzene rings is 1. The van der Waals surface area contributed by atoms with Gasteiger partial charge in [0.15, 0.2) is 0 Å². The van der Waals surface area contributed by atoms with E-state index in [-0.39, 0.29) is 5.75 Å². The molecule has 0 aromatic heterocycles. The Labute approximate surface area is 123 Å². The molecule has 0 radical (unpaired) electrons. The van der Waals surface area contributed by atoms with E-state index >= 15 is 0 Å². The number of isothiocyanates is 1. The molecule has 0 bridgehead atoms. The average molecular weight is 296 g/mol. The molecule has 4 nitrogen and oxygen atoms in total. The highest BCUT2D eigenvalue weighted by atomic mass is 32.1. The lowest BCUT2D eigenvalue weighted by atomic mass is 10.2. The number of nitrogens with two attached hydrogens (primary N) is 1. The monoisotopic (exact) mass is 296 g/mol. The first-order chi connectivity index (χ1) is 9.11. The van der Waals surface area contributed by atoms with Crippen LogP contribution in [0.1, 0.15) is 5.56 Å². The molecule has 1 rings (SSSR count). The van der Waals surface area contributed by atoms with Gasteiger partial charge in [-0.25, -0.2) is 4.99 Å². The first-order valence-electron chi connectivity index (χ1n) is 5.46. The molecule has 0 spiro atoms. The van der Waals surface area contributed by atoms with Crippen LogP contribution in [0.5, 0.6) is 0 Å². The van der Waals surface area contributed by atoms with Crippen molar-refractivity contribution in [3.63, 3.8) is 0 Å². The van der Waals surface area contributed by atoms with Crippen LogP contribution >= 0.6 is 24.8 Å². The molecule has 0 heterocycles. The minimum absolute atomic E-state index is 0.190. The highest BCUT2D eigenvalue weighted by Gasteiger charge is 2.06. The van der Waals surface area contributed by atoms with Crippen molar-refractivity contribution in [3.05, 3.63) is 42.0 Å². The zero-order chi connectivity index (χ0) is 14.5. The van der Waals surface area contributed by atoms with Crippen LogP contribution in [-0.2, 0) is 4.79 Å². The summed E-state index contributed by atoms with van der Waals surface area (Å²) in [6.45, 7) is 0.610. The first-order valence-corrected chi connectivity index (χ1v) is 6.50. The molecule has 1 aromatic rings. The van der Waals surface area contributed by atoms with Crippen molar-refractivity contribution >= 4 is 42.1 Å². The van der Waals surface area contributed by atoms with Gasteiger partial charge in [0.25, 0.3) is 0 Å². The number of thiol groups is 1. The Kier molecular flexibility index (Phi) is 10.7. The Balaban J connectivity index is 0.000000399. The molecule has 19 heavy (non-hydrogen) atoms. The van der Waals surface area contributed by atoms with Crippen LogP contribution in [0.15, 0.2) is 41.4 Å². The maximum absolute atomic E-state index is 9.76. The number of aliphatic carboxylic acids is 1. The van der Waals surface area contributed by atoms with Crippen LogP contribution in [0.3, 0.4) is 0 Å². The quantitative estimate of drug-likeness (QED) is 0.442. The minimum Gasteiger partial charge on any atom is -0.480 e. The van der Waals surface area contributed by atoms with Gasteiger partial charge in [-0.1, -0.05) is 42.5 Å². The normalized spacial score (nSPS) is 11.1. The van der Waals surface area contributed by atoms with E-state index in [1.165, 1.54) is 5.56 Å². The van der Waals surface area contributed by atoms with Crippen molar-refractivity contribution in [1.82, 2.24) is 0 Å². The molecule has 3 N–H and O–H groups in total. The molecule has 0 saturated carbocycles. The van der Waals surface area contributed by atoms with Crippen molar-refractivity contribution in [2.24, 2.45) is 10.7 Å². The van der Waals surface area contributed by atoms with Gasteiger partial charge in [-0.3, -0.25) is 4.79 Å². The molecule has 0 aliphatic heterocycles. The summed E-state index contributed by atoms with van der Waals surface area (Å²) < 4.78 is 0. The number of carbonyl (C=O) groups is 1. The average Bonchev–Trinajstić information content (AvgIpc) is 2.44. The molecule has 102 valence electrons. The lowest BCUT2D eigenvalue weighted by Crippen LogP contribution is -2.31. The lowest BCUT2D eigenvalue weighted by molar-refractivity contribution is -0.137. The maximum atomic E-state index is 9.76. The Hall–Kier alpha value is -1.46. The second kappa shape index (κ2) is 11.6. The van der Waals surface area contributed by atoms with Gasteiger partial charge in [0.05, 0.1) is 11.7 Å². The summed E-state index contributed by atoms with van der Waals surface area (Å²) in [5, 5.41) is 10.3. The van der Waals surface area contributed by atoms with Gasteiger partial charge in [-0.05, 0) is 17.8 Å². The molecule has 0 aliphatic carbocycles. The van der Waals surface area contributed by atoms with Crippen molar-refractivity contribution in [2.75, 3.05) is 12.3 Å². The zero-order valence-electron chi connectivity index (χ0n) is 10.3. The number of hydrogen-bond donors (Lipinski definition) is 3. The van der Waals surface area contributed by atoms with Crippen molar-refractivity contribution in [1.29, 1.82) is 0 Å². The smallest absolute Gasteiger partial charge is 0.321 e. The Morgan fingerprint density at radius 1 is 1.53 bits per heavy atom. The summed E-state index contributed by atoms with van der Waals surface area (Å²) in [7, 11) is 0. The van der Waals surface area contributed by atoms with E-state index in [0.29, 0.717) is 6.54 Å². The van der Waals surface area contributed by atoms with Crippen molar-refractivity contribution in [3.8, 4) is 0 Å². The zero-order valence-corrected chi connectivity index (χ0v) is 12.0. The van der Waals surface area contributed by atoms with Crippen molar-refractivity contribution < 1.29 is 9.90 Å². The summed E-state index contributed by atoms with van der Waals surface area (Å²) in [5.74, 6) is -0.815. The fourth-order valence-electron chi connectivity index (χ4n) is 0.921. The standard InChI is InChI=1S/C10H9NS.C3H7NO2S/c12-9-11-8-4-7-10-5-2-1-3-6-10;4-2(1-7)3(5)6/h1-7H,8H2;2,7H,1,4H2,(H,5,6). The Bertz CT molecular complexity index is 443. The largest absolute Gasteiger partial charge is 0.480 e. The molecule has 1 aromatic carbocycles. The van der Waals surface area contributed by atoms with Gasteiger partial charge in [-0.2, -0.15) is 12.6 Å². The molecule has 0 fully saturated rings. The molecule has 1 unspecified atom stereocenters. The minimum atomic E-state index is -1.00. The summed E-state index contributed by atoms with van der Waals surface area (Å²) in [4.78, 5) is 13.5. The van der Waals surface area contributed by atoms with Crippen LogP contribution in [-0.4, -0.2) is 34.6 Å². The third-order valence-electron chi connectivity index (χ3n) is 1.89. The molecule has 0 saturated heterocycles. The fraction of sp³-hybridized carbons (Fsp3) is 0.231. The number of nitrogens with zero attached hydrogens (tertiary/aromatic N) is 1. The molecule has 0 amide bonds. The SMILES string of the molecule is NC(CS)C(=O)O.S=C=NCC=Cc1ccccc1. The van der Waals surface area contributed by atoms with Gasteiger partial charge in [-0.15, -0.1) is 0 Å². The predicted octanol–water partition coefficient (Wildman–Crippen LogP) is 2.13. The van der Waals surface area contributed by atoms with E-state index in [2.05, 4.69) is 35.0 Å². The molecule has 1 atom stereocenters. The third-order valence-corrected chi connectivity index (χ3v) is 2.41. The van der Waals surface area contributed by atoms with Gasteiger partial charge >= 0.3 is 5.97 Å². The number of carboxylic acids is 1. The van der Waals surface area contributed by atoms with E-state index in [1.807, 2.05) is 42.5 Å². The topological polar surface area (TPSA) is 75.7 Å². The van der Waals surface area contributed by atoms with Gasteiger partial charge in [0.2, 0.25) is 0 Å². The maximum Gasteiger partial charge on any atom is 0.321 e. The van der Waals surface area contributed by atoms with E-state index in [0.717, 1.165) is 0 Å². The van der Waals surface area contributed by atoms with E-state index in [9.17, 15) is 4.79 Å². The Morgan fingerprint density at radius 3 is 2.58 bits per heavy atom. The molecule has 6 heteroatoms. The van der Waals surface area contributed by atoms with Crippen LogP contribution in [0.4, 0.5) is 0 Å². The summed E-state index contributed by atoms with van der Waals surface area (Å²) in [6.07, 6.45) is 3.96. The first kappa shape index (κ1) is 17.5. The van der Waals surface area contributed by atoms with E-state index in [4.69, 9.17) is 10.8 Å². The summed E-state index contributed by atoms with van der Waals surface area (Å²) in [6, 6.07) is 9.26. The summed E-state index contributed by atoms with van der Waals surface area (Å²) >= 11 is 8.08. The highest BCUT2D eigenvalue weighted by molar-refractivity contribution is 7.80. The van der Waals surface area contributed by atoms with E-state index in [1.54, 1.807) is 0 Å². The molecular weight excluding hydrogens is 280 g/mol. The second-order valence-electron chi connectivity index (χ2n) is 3.37. The second-order valence-corrected chi connectivity index (χ2v) is 3.92. The third kappa shape index (κ3) is 10.2. The fourth-order valence-corrected chi connectivity index (χ4v) is 1.15. The number of rotatable bonds is 5. The van der Waals surface area contributed by atoms with Gasteiger partial charge in [0, 0.05) is 5.75 Å². The number of hydrogen-bond acceptors (Lipinski definition) is 5. The lowest BCUT2D eigenvalue weighted by Gasteiger charge is -1.96. The van der Waals surface area contributed by atoms with Crippen LogP contribution in [0.2, 0.25) is 0 Å². The van der Waals surface area contributed by atoms with Gasteiger partial charge < -0.3 is 10.8 Å². The number of aliphatic imine (C=N–C) groups is 1. The highest BCUT2D eigenvalue weighted by Crippen LogP contribution is 2.00. The Morgan fingerprint density at radius 2 is 2.16 bits per heavy atom. The van der Waals surface area contributed by atoms with Crippen LogP contribution in [0, 0.1) is 0 Å². The van der Waals surface area contributed by atoms with Gasteiger partial charge in [0.1, 0.15) is 6.04 Å². The summed E-state index contributed by atoms with van der Waals surface area (Å²) in [5.41, 5.74) is 6.12. The number of thiocarbonyl (C=S) groups is 1. The van der Waals surface area contributed by atoms with E-state index < -0.39 is 12.0 Å².